The first-order valence-corrected chi connectivity index (χ1v) is 6.72. The van der Waals surface area contributed by atoms with E-state index in [9.17, 15) is 4.79 Å². The molecule has 1 unspecified atom stereocenters. The Morgan fingerprint density at radius 1 is 1.39 bits per heavy atom. The molecule has 3 nitrogen and oxygen atoms in total. The van der Waals surface area contributed by atoms with Crippen molar-refractivity contribution in [1.29, 1.82) is 0 Å². The second-order valence-corrected chi connectivity index (χ2v) is 4.64. The monoisotopic (exact) mass is 248 g/mol. The molecule has 100 valence electrons. The van der Waals surface area contributed by atoms with E-state index in [4.69, 9.17) is 5.73 Å². The van der Waals surface area contributed by atoms with Gasteiger partial charge in [-0.05, 0) is 38.0 Å². The number of carbonyl (C=O) groups is 1. The standard InChI is InChI=1S/C15H24N2O/c1-4-7-13(11-16)15(18)17(5-2)14-9-6-8-12(3)10-14/h6,8-10,13H,4-5,7,11,16H2,1-3H3. The molecule has 3 heteroatoms. The van der Waals surface area contributed by atoms with Crippen LogP contribution in [0.4, 0.5) is 5.69 Å². The van der Waals surface area contributed by atoms with Crippen molar-refractivity contribution in [3.8, 4) is 0 Å². The van der Waals surface area contributed by atoms with Crippen molar-refractivity contribution >= 4 is 11.6 Å². The predicted molar refractivity (Wildman–Crippen MR) is 76.7 cm³/mol. The van der Waals surface area contributed by atoms with Crippen LogP contribution in [-0.2, 0) is 4.79 Å². The molecule has 1 atom stereocenters. The van der Waals surface area contributed by atoms with Gasteiger partial charge >= 0.3 is 0 Å². The third-order valence-electron chi connectivity index (χ3n) is 3.17. The van der Waals surface area contributed by atoms with Gasteiger partial charge in [-0.3, -0.25) is 4.79 Å². The number of amides is 1. The lowest BCUT2D eigenvalue weighted by atomic mass is 10.0. The fraction of sp³-hybridized carbons (Fsp3) is 0.533. The largest absolute Gasteiger partial charge is 0.330 e. The van der Waals surface area contributed by atoms with Crippen LogP contribution in [0.5, 0.6) is 0 Å². The molecule has 0 saturated heterocycles. The molecule has 1 rings (SSSR count). The van der Waals surface area contributed by atoms with Crippen LogP contribution in [-0.4, -0.2) is 19.0 Å². The molecule has 0 aromatic heterocycles. The molecule has 18 heavy (non-hydrogen) atoms. The molecule has 0 fully saturated rings. The molecule has 2 N–H and O–H groups in total. The number of hydrogen-bond donors (Lipinski definition) is 1. The Labute approximate surface area is 110 Å². The second kappa shape index (κ2) is 7.17. The summed E-state index contributed by atoms with van der Waals surface area (Å²) in [6.07, 6.45) is 1.84. The predicted octanol–water partition coefficient (Wildman–Crippen LogP) is 2.72. The number of carbonyl (C=O) groups excluding carboxylic acids is 1. The topological polar surface area (TPSA) is 46.3 Å². The van der Waals surface area contributed by atoms with Crippen molar-refractivity contribution in [3.63, 3.8) is 0 Å². The van der Waals surface area contributed by atoms with Gasteiger partial charge in [-0.15, -0.1) is 0 Å². The van der Waals surface area contributed by atoms with Gasteiger partial charge in [0.15, 0.2) is 0 Å². The molecule has 1 aromatic carbocycles. The SMILES string of the molecule is CCCC(CN)C(=O)N(CC)c1cccc(C)c1. The lowest BCUT2D eigenvalue weighted by molar-refractivity contribution is -0.122. The summed E-state index contributed by atoms with van der Waals surface area (Å²) < 4.78 is 0. The minimum atomic E-state index is -0.0598. The van der Waals surface area contributed by atoms with E-state index in [1.165, 1.54) is 5.56 Å². The molecule has 1 amide bonds. The number of benzene rings is 1. The minimum absolute atomic E-state index is 0.0598. The van der Waals surface area contributed by atoms with Crippen LogP contribution < -0.4 is 10.6 Å². The van der Waals surface area contributed by atoms with Crippen LogP contribution in [0.3, 0.4) is 0 Å². The highest BCUT2D eigenvalue weighted by Crippen LogP contribution is 2.19. The van der Waals surface area contributed by atoms with Crippen LogP contribution in [0, 0.1) is 12.8 Å². The first-order valence-electron chi connectivity index (χ1n) is 6.72. The lowest BCUT2D eigenvalue weighted by Gasteiger charge is -2.26. The quantitative estimate of drug-likeness (QED) is 0.841. The number of nitrogens with two attached hydrogens (primary N) is 1. The summed E-state index contributed by atoms with van der Waals surface area (Å²) in [5.41, 5.74) is 7.85. The highest BCUT2D eigenvalue weighted by molar-refractivity contribution is 5.95. The van der Waals surface area contributed by atoms with Gasteiger partial charge in [-0.2, -0.15) is 0 Å². The number of aryl methyl sites for hydroxylation is 1. The van der Waals surface area contributed by atoms with E-state index >= 15 is 0 Å². The third kappa shape index (κ3) is 3.57. The Morgan fingerprint density at radius 3 is 2.61 bits per heavy atom. The molecule has 0 heterocycles. The molecule has 0 bridgehead atoms. The minimum Gasteiger partial charge on any atom is -0.330 e. The number of hydrogen-bond acceptors (Lipinski definition) is 2. The van der Waals surface area contributed by atoms with Crippen LogP contribution in [0.2, 0.25) is 0 Å². The van der Waals surface area contributed by atoms with Crippen molar-refractivity contribution in [1.82, 2.24) is 0 Å². The molecule has 0 saturated carbocycles. The summed E-state index contributed by atoms with van der Waals surface area (Å²) >= 11 is 0. The molecular weight excluding hydrogens is 224 g/mol. The van der Waals surface area contributed by atoms with Gasteiger partial charge in [0.2, 0.25) is 5.91 Å². The normalized spacial score (nSPS) is 12.2. The Kier molecular flexibility index (Phi) is 5.86. The van der Waals surface area contributed by atoms with Crippen LogP contribution in [0.15, 0.2) is 24.3 Å². The zero-order valence-electron chi connectivity index (χ0n) is 11.6. The number of anilines is 1. The Hall–Kier alpha value is -1.35. The van der Waals surface area contributed by atoms with Gasteiger partial charge in [-0.25, -0.2) is 0 Å². The van der Waals surface area contributed by atoms with E-state index in [1.54, 1.807) is 0 Å². The zero-order valence-corrected chi connectivity index (χ0v) is 11.6. The van der Waals surface area contributed by atoms with Gasteiger partial charge < -0.3 is 10.6 Å². The van der Waals surface area contributed by atoms with Crippen LogP contribution in [0.25, 0.3) is 0 Å². The van der Waals surface area contributed by atoms with Crippen molar-refractivity contribution in [2.75, 3.05) is 18.0 Å². The molecule has 0 spiro atoms. The van der Waals surface area contributed by atoms with E-state index in [0.717, 1.165) is 18.5 Å². The van der Waals surface area contributed by atoms with Gasteiger partial charge in [-0.1, -0.05) is 25.5 Å². The van der Waals surface area contributed by atoms with E-state index in [1.807, 2.05) is 43.0 Å². The van der Waals surface area contributed by atoms with Gasteiger partial charge in [0.1, 0.15) is 0 Å². The zero-order chi connectivity index (χ0) is 13.5. The third-order valence-corrected chi connectivity index (χ3v) is 3.17. The number of nitrogens with zero attached hydrogens (tertiary/aromatic N) is 1. The summed E-state index contributed by atoms with van der Waals surface area (Å²) in [4.78, 5) is 14.3. The van der Waals surface area contributed by atoms with Gasteiger partial charge in [0.05, 0.1) is 5.92 Å². The summed E-state index contributed by atoms with van der Waals surface area (Å²) in [5, 5.41) is 0. The second-order valence-electron chi connectivity index (χ2n) is 4.64. The van der Waals surface area contributed by atoms with Crippen LogP contribution >= 0.6 is 0 Å². The Bertz CT molecular complexity index is 390. The Morgan fingerprint density at radius 2 is 2.11 bits per heavy atom. The maximum absolute atomic E-state index is 12.5. The fourth-order valence-corrected chi connectivity index (χ4v) is 2.17. The summed E-state index contributed by atoms with van der Waals surface area (Å²) in [6, 6.07) is 8.04. The van der Waals surface area contributed by atoms with E-state index in [-0.39, 0.29) is 11.8 Å². The van der Waals surface area contributed by atoms with E-state index in [0.29, 0.717) is 13.1 Å². The summed E-state index contributed by atoms with van der Waals surface area (Å²) in [5.74, 6) is 0.0860. The van der Waals surface area contributed by atoms with Crippen molar-refractivity contribution in [2.24, 2.45) is 11.7 Å². The number of rotatable bonds is 6. The first-order chi connectivity index (χ1) is 8.63. The van der Waals surface area contributed by atoms with Gasteiger partial charge in [0, 0.05) is 18.8 Å². The molecule has 0 radical (unpaired) electrons. The summed E-state index contributed by atoms with van der Waals surface area (Å²) in [7, 11) is 0. The van der Waals surface area contributed by atoms with Gasteiger partial charge in [0.25, 0.3) is 0 Å². The maximum Gasteiger partial charge on any atom is 0.231 e. The first kappa shape index (κ1) is 14.7. The highest BCUT2D eigenvalue weighted by Gasteiger charge is 2.22. The van der Waals surface area contributed by atoms with Crippen molar-refractivity contribution in [2.45, 2.75) is 33.6 Å². The molecule has 1 aromatic rings. The highest BCUT2D eigenvalue weighted by atomic mass is 16.2. The molecular formula is C15H24N2O. The molecule has 0 aliphatic carbocycles. The lowest BCUT2D eigenvalue weighted by Crippen LogP contribution is -2.39. The van der Waals surface area contributed by atoms with Crippen LogP contribution in [0.1, 0.15) is 32.3 Å². The van der Waals surface area contributed by atoms with Crippen molar-refractivity contribution < 1.29 is 4.79 Å². The Balaban J connectivity index is 2.92. The molecule has 0 aliphatic heterocycles. The smallest absolute Gasteiger partial charge is 0.231 e. The van der Waals surface area contributed by atoms with Crippen molar-refractivity contribution in [3.05, 3.63) is 29.8 Å². The molecule has 0 aliphatic rings. The maximum atomic E-state index is 12.5. The fourth-order valence-electron chi connectivity index (χ4n) is 2.17. The van der Waals surface area contributed by atoms with E-state index in [2.05, 4.69) is 6.92 Å². The average Bonchev–Trinajstić information content (AvgIpc) is 2.36. The van der Waals surface area contributed by atoms with E-state index < -0.39 is 0 Å². The average molecular weight is 248 g/mol. The summed E-state index contributed by atoms with van der Waals surface area (Å²) in [6.45, 7) is 7.23.